The molecule has 1 saturated heterocycles. The van der Waals surface area contributed by atoms with Gasteiger partial charge in [-0.05, 0) is 25.1 Å². The molecule has 0 saturated carbocycles. The highest BCUT2D eigenvalue weighted by Gasteiger charge is 2.54. The minimum atomic E-state index is -1.23. The predicted octanol–water partition coefficient (Wildman–Crippen LogP) is 3.39. The molecule has 1 fully saturated rings. The summed E-state index contributed by atoms with van der Waals surface area (Å²) in [5.74, 6) is -4.04. The Hall–Kier alpha value is -3.07. The molecule has 1 N–H and O–H groups in total. The van der Waals surface area contributed by atoms with Gasteiger partial charge in [0.15, 0.2) is 0 Å². The summed E-state index contributed by atoms with van der Waals surface area (Å²) in [6.07, 6.45) is 1.06. The topological polar surface area (TPSA) is 59.7 Å². The van der Waals surface area contributed by atoms with Crippen LogP contribution in [0.4, 0.5) is 17.6 Å². The molecular formula is C19H14F4N2O3. The number of imidazole rings is 1. The van der Waals surface area contributed by atoms with Gasteiger partial charge in [-0.2, -0.15) is 0 Å². The standard InChI is InChI=1S/C19H14F4N2O3/c1-10(19(9-28-19)13-4-2-11(20)6-14(13)22)24-8-17(26)25(18(24)27)16-5-3-12(21)7-15(16)23/h2-8,10,26H,9H2,1H3. The number of ether oxygens (including phenoxy) is 1. The lowest BCUT2D eigenvalue weighted by Crippen LogP contribution is -2.33. The molecule has 0 spiro atoms. The van der Waals surface area contributed by atoms with Gasteiger partial charge in [-0.25, -0.2) is 26.9 Å². The van der Waals surface area contributed by atoms with E-state index in [2.05, 4.69) is 0 Å². The maximum atomic E-state index is 14.3. The molecule has 0 aliphatic carbocycles. The number of benzene rings is 2. The Morgan fingerprint density at radius 2 is 1.68 bits per heavy atom. The average molecular weight is 394 g/mol. The monoisotopic (exact) mass is 394 g/mol. The highest BCUT2D eigenvalue weighted by molar-refractivity contribution is 5.38. The van der Waals surface area contributed by atoms with E-state index in [0.717, 1.165) is 29.0 Å². The van der Waals surface area contributed by atoms with Gasteiger partial charge in [-0.3, -0.25) is 4.57 Å². The Labute approximate surface area is 156 Å². The van der Waals surface area contributed by atoms with Crippen molar-refractivity contribution in [1.29, 1.82) is 0 Å². The minimum Gasteiger partial charge on any atom is -0.493 e. The quantitative estimate of drug-likeness (QED) is 0.545. The number of hydrogen-bond acceptors (Lipinski definition) is 3. The summed E-state index contributed by atoms with van der Waals surface area (Å²) in [6, 6.07) is 4.76. The number of nitrogens with zero attached hydrogens (tertiary/aromatic N) is 2. The van der Waals surface area contributed by atoms with Crippen molar-refractivity contribution < 1.29 is 27.4 Å². The van der Waals surface area contributed by atoms with Gasteiger partial charge in [0, 0.05) is 17.7 Å². The highest BCUT2D eigenvalue weighted by atomic mass is 19.1. The van der Waals surface area contributed by atoms with Crippen molar-refractivity contribution in [2.45, 2.75) is 18.6 Å². The zero-order chi connectivity index (χ0) is 20.2. The molecule has 2 aromatic carbocycles. The number of epoxide rings is 1. The summed E-state index contributed by atoms with van der Waals surface area (Å²) in [5.41, 5.74) is -2.34. The van der Waals surface area contributed by atoms with Gasteiger partial charge < -0.3 is 9.84 Å². The lowest BCUT2D eigenvalue weighted by molar-refractivity contribution is 0.222. The Balaban J connectivity index is 1.79. The van der Waals surface area contributed by atoms with E-state index in [1.165, 1.54) is 6.07 Å². The highest BCUT2D eigenvalue weighted by Crippen LogP contribution is 2.48. The molecule has 3 aromatic rings. The number of halogens is 4. The molecule has 2 unspecified atom stereocenters. The van der Waals surface area contributed by atoms with Crippen LogP contribution in [-0.2, 0) is 10.3 Å². The van der Waals surface area contributed by atoms with Gasteiger partial charge in [-0.15, -0.1) is 0 Å². The third-order valence-corrected chi connectivity index (χ3v) is 4.98. The second kappa shape index (κ2) is 6.23. The molecule has 1 aliphatic heterocycles. The smallest absolute Gasteiger partial charge is 0.336 e. The van der Waals surface area contributed by atoms with Gasteiger partial charge in [0.25, 0.3) is 0 Å². The first-order valence-electron chi connectivity index (χ1n) is 8.32. The molecule has 1 aromatic heterocycles. The molecule has 9 heteroatoms. The predicted molar refractivity (Wildman–Crippen MR) is 90.3 cm³/mol. The summed E-state index contributed by atoms with van der Waals surface area (Å²) < 4.78 is 61.9. The van der Waals surface area contributed by atoms with Gasteiger partial charge in [-0.1, -0.05) is 6.07 Å². The van der Waals surface area contributed by atoms with Crippen molar-refractivity contribution in [3.63, 3.8) is 0 Å². The normalized spacial score (nSPS) is 19.6. The average Bonchev–Trinajstić information content (AvgIpc) is 3.37. The molecule has 0 bridgehead atoms. The largest absolute Gasteiger partial charge is 0.493 e. The van der Waals surface area contributed by atoms with Crippen molar-refractivity contribution in [2.24, 2.45) is 0 Å². The van der Waals surface area contributed by atoms with E-state index in [-0.39, 0.29) is 17.9 Å². The molecule has 146 valence electrons. The molecule has 4 rings (SSSR count). The van der Waals surface area contributed by atoms with Gasteiger partial charge >= 0.3 is 5.69 Å². The zero-order valence-corrected chi connectivity index (χ0v) is 14.5. The van der Waals surface area contributed by atoms with E-state index >= 15 is 0 Å². The number of aromatic hydroxyl groups is 1. The van der Waals surface area contributed by atoms with Crippen LogP contribution in [0.25, 0.3) is 5.69 Å². The van der Waals surface area contributed by atoms with Crippen molar-refractivity contribution in [3.05, 3.63) is 81.9 Å². The Morgan fingerprint density at radius 1 is 1.07 bits per heavy atom. The molecule has 0 radical (unpaired) electrons. The van der Waals surface area contributed by atoms with Crippen molar-refractivity contribution >= 4 is 0 Å². The van der Waals surface area contributed by atoms with Crippen LogP contribution in [0, 0.1) is 23.3 Å². The third kappa shape index (κ3) is 2.70. The zero-order valence-electron chi connectivity index (χ0n) is 14.5. The first-order valence-corrected chi connectivity index (χ1v) is 8.32. The van der Waals surface area contributed by atoms with Crippen molar-refractivity contribution in [1.82, 2.24) is 9.13 Å². The van der Waals surface area contributed by atoms with Gasteiger partial charge in [0.05, 0.1) is 24.5 Å². The number of rotatable bonds is 4. The van der Waals surface area contributed by atoms with Crippen LogP contribution in [0.2, 0.25) is 0 Å². The Morgan fingerprint density at radius 3 is 2.25 bits per heavy atom. The van der Waals surface area contributed by atoms with Crippen LogP contribution in [0.5, 0.6) is 5.88 Å². The van der Waals surface area contributed by atoms with Gasteiger partial charge in [0.2, 0.25) is 5.88 Å². The van der Waals surface area contributed by atoms with E-state index in [1.54, 1.807) is 6.92 Å². The van der Waals surface area contributed by atoms with Crippen LogP contribution in [-0.4, -0.2) is 20.8 Å². The molecule has 2 atom stereocenters. The van der Waals surface area contributed by atoms with Crippen LogP contribution in [0.15, 0.2) is 47.4 Å². The second-order valence-corrected chi connectivity index (χ2v) is 6.59. The van der Waals surface area contributed by atoms with E-state index in [4.69, 9.17) is 4.74 Å². The first kappa shape index (κ1) is 18.3. The molecule has 0 amide bonds. The molecular weight excluding hydrogens is 380 g/mol. The van der Waals surface area contributed by atoms with Crippen molar-refractivity contribution in [2.75, 3.05) is 6.61 Å². The second-order valence-electron chi connectivity index (χ2n) is 6.59. The van der Waals surface area contributed by atoms with Gasteiger partial charge in [0.1, 0.15) is 28.9 Å². The maximum absolute atomic E-state index is 14.3. The fraction of sp³-hybridized carbons (Fsp3) is 0.211. The van der Waals surface area contributed by atoms with E-state index in [1.807, 2.05) is 0 Å². The number of aromatic nitrogens is 2. The fourth-order valence-electron chi connectivity index (χ4n) is 3.37. The number of hydrogen-bond donors (Lipinski definition) is 1. The first-order chi connectivity index (χ1) is 13.2. The molecule has 2 heterocycles. The van der Waals surface area contributed by atoms with Crippen LogP contribution in [0.1, 0.15) is 18.5 Å². The summed E-state index contributed by atoms with van der Waals surface area (Å²) in [4.78, 5) is 12.8. The molecule has 5 nitrogen and oxygen atoms in total. The maximum Gasteiger partial charge on any atom is 0.336 e. The molecule has 28 heavy (non-hydrogen) atoms. The summed E-state index contributed by atoms with van der Waals surface area (Å²) >= 11 is 0. The Kier molecular flexibility index (Phi) is 4.07. The van der Waals surface area contributed by atoms with Crippen LogP contribution in [0.3, 0.4) is 0 Å². The van der Waals surface area contributed by atoms with Crippen LogP contribution >= 0.6 is 0 Å². The lowest BCUT2D eigenvalue weighted by atomic mass is 9.92. The SMILES string of the molecule is CC(n1cc(O)n(-c2ccc(F)cc2F)c1=O)C1(c2ccc(F)cc2F)CO1. The summed E-state index contributed by atoms with van der Waals surface area (Å²) in [5, 5.41) is 10.2. The summed E-state index contributed by atoms with van der Waals surface area (Å²) in [6.45, 7) is 1.63. The van der Waals surface area contributed by atoms with E-state index < -0.39 is 46.5 Å². The minimum absolute atomic E-state index is 0.0634. The van der Waals surface area contributed by atoms with E-state index in [9.17, 15) is 27.5 Å². The fourth-order valence-corrected chi connectivity index (χ4v) is 3.37. The van der Waals surface area contributed by atoms with E-state index in [0.29, 0.717) is 16.7 Å². The lowest BCUT2D eigenvalue weighted by Gasteiger charge is -2.21. The molecule has 1 aliphatic rings. The third-order valence-electron chi connectivity index (χ3n) is 4.98. The Bertz CT molecular complexity index is 1130. The summed E-state index contributed by atoms with van der Waals surface area (Å²) in [7, 11) is 0. The van der Waals surface area contributed by atoms with Crippen molar-refractivity contribution in [3.8, 4) is 11.6 Å². The van der Waals surface area contributed by atoms with Crippen LogP contribution < -0.4 is 5.69 Å².